The van der Waals surface area contributed by atoms with E-state index in [0.29, 0.717) is 0 Å². The molecule has 0 aromatic rings. The molecule has 1 aliphatic carbocycles. The molecule has 3 rings (SSSR count). The van der Waals surface area contributed by atoms with E-state index in [-0.39, 0.29) is 23.6 Å². The molecule has 2 heterocycles. The summed E-state index contributed by atoms with van der Waals surface area (Å²) >= 11 is 0. The van der Waals surface area contributed by atoms with Gasteiger partial charge < -0.3 is 14.6 Å². The van der Waals surface area contributed by atoms with Crippen molar-refractivity contribution in [1.82, 2.24) is 5.32 Å². The molecule has 108 valence electrons. The van der Waals surface area contributed by atoms with Crippen LogP contribution in [0.1, 0.15) is 59.8 Å². The molecule has 0 radical (unpaired) electrons. The first kappa shape index (κ1) is 13.9. The molecule has 2 saturated heterocycles. The predicted octanol–water partition coefficient (Wildman–Crippen LogP) is 3.00. The molecule has 0 aromatic heterocycles. The second-order valence-electron chi connectivity index (χ2n) is 7.73. The van der Waals surface area contributed by atoms with Gasteiger partial charge in [0, 0.05) is 5.31 Å². The van der Waals surface area contributed by atoms with E-state index in [4.69, 9.17) is 9.31 Å². The molecule has 0 spiro atoms. The molecule has 1 N–H and O–H groups in total. The Labute approximate surface area is 118 Å². The van der Waals surface area contributed by atoms with Gasteiger partial charge in [0.05, 0.1) is 11.2 Å². The minimum absolute atomic E-state index is 0.0319. The van der Waals surface area contributed by atoms with Crippen LogP contribution in [0.3, 0.4) is 0 Å². The highest BCUT2D eigenvalue weighted by molar-refractivity contribution is 6.50. The van der Waals surface area contributed by atoms with E-state index >= 15 is 0 Å². The molecule has 3 aliphatic rings. The van der Waals surface area contributed by atoms with Crippen LogP contribution < -0.4 is 5.32 Å². The molecule has 1 unspecified atom stereocenters. The Morgan fingerprint density at radius 1 is 1.00 bits per heavy atom. The Morgan fingerprint density at radius 3 is 2.05 bits per heavy atom. The van der Waals surface area contributed by atoms with Gasteiger partial charge in [-0.3, -0.25) is 0 Å². The van der Waals surface area contributed by atoms with Gasteiger partial charge in [-0.1, -0.05) is 25.7 Å². The van der Waals surface area contributed by atoms with E-state index in [2.05, 4.69) is 33.0 Å². The van der Waals surface area contributed by atoms with E-state index in [0.717, 1.165) is 19.0 Å². The number of nitrogens with one attached hydrogen (secondary N) is 1. The van der Waals surface area contributed by atoms with E-state index in [1.165, 1.54) is 32.1 Å². The third-order valence-electron chi connectivity index (χ3n) is 6.11. The Kier molecular flexibility index (Phi) is 3.27. The fourth-order valence-corrected chi connectivity index (χ4v) is 4.05. The molecule has 19 heavy (non-hydrogen) atoms. The van der Waals surface area contributed by atoms with Crippen molar-refractivity contribution in [2.24, 2.45) is 5.92 Å². The monoisotopic (exact) mass is 265 g/mol. The maximum atomic E-state index is 6.40. The summed E-state index contributed by atoms with van der Waals surface area (Å²) in [5, 5.41) is 3.77. The maximum absolute atomic E-state index is 6.40. The number of rotatable bonds is 2. The van der Waals surface area contributed by atoms with Crippen LogP contribution >= 0.6 is 0 Å². The lowest BCUT2D eigenvalue weighted by Gasteiger charge is -2.36. The van der Waals surface area contributed by atoms with Gasteiger partial charge in [-0.2, -0.15) is 0 Å². The summed E-state index contributed by atoms with van der Waals surface area (Å²) in [7, 11) is -0.0319. The molecule has 4 heteroatoms. The molecule has 3 nitrogen and oxygen atoms in total. The summed E-state index contributed by atoms with van der Waals surface area (Å²) < 4.78 is 12.8. The molecule has 0 bridgehead atoms. The third kappa shape index (κ3) is 2.07. The fourth-order valence-electron chi connectivity index (χ4n) is 4.05. The Hall–Kier alpha value is -0.0551. The first-order chi connectivity index (χ1) is 8.87. The van der Waals surface area contributed by atoms with Crippen molar-refractivity contribution in [3.8, 4) is 0 Å². The molecule has 3 fully saturated rings. The number of hydrogen-bond acceptors (Lipinski definition) is 3. The normalized spacial score (nSPS) is 38.2. The largest absolute Gasteiger partial charge is 0.466 e. The highest BCUT2D eigenvalue weighted by Crippen LogP contribution is 2.56. The Morgan fingerprint density at radius 2 is 1.58 bits per heavy atom. The SMILES string of the molecule is CC1(C)OB(C2(C3CCCC3)CCNC2)OC1(C)C. The van der Waals surface area contributed by atoms with Crippen molar-refractivity contribution in [1.29, 1.82) is 0 Å². The van der Waals surface area contributed by atoms with Gasteiger partial charge in [-0.15, -0.1) is 0 Å². The molecule has 0 amide bonds. The molecular formula is C15H28BNO2. The average molecular weight is 265 g/mol. The molecule has 2 aliphatic heterocycles. The Bertz CT molecular complexity index is 328. The zero-order valence-corrected chi connectivity index (χ0v) is 12.9. The van der Waals surface area contributed by atoms with Crippen molar-refractivity contribution in [3.05, 3.63) is 0 Å². The second-order valence-corrected chi connectivity index (χ2v) is 7.73. The molecule has 1 saturated carbocycles. The summed E-state index contributed by atoms with van der Waals surface area (Å²) in [6.07, 6.45) is 6.67. The van der Waals surface area contributed by atoms with E-state index in [1.807, 2.05) is 0 Å². The van der Waals surface area contributed by atoms with Gasteiger partial charge >= 0.3 is 7.12 Å². The van der Waals surface area contributed by atoms with Gasteiger partial charge in [-0.25, -0.2) is 0 Å². The first-order valence-corrected chi connectivity index (χ1v) is 7.94. The molecule has 0 aromatic carbocycles. The molecule has 1 atom stereocenters. The van der Waals surface area contributed by atoms with Crippen LogP contribution in [0.2, 0.25) is 5.31 Å². The quantitative estimate of drug-likeness (QED) is 0.778. The second kappa shape index (κ2) is 4.47. The van der Waals surface area contributed by atoms with Gasteiger partial charge in [-0.05, 0) is 53.1 Å². The van der Waals surface area contributed by atoms with Gasteiger partial charge in [0.2, 0.25) is 0 Å². The highest BCUT2D eigenvalue weighted by Gasteiger charge is 2.62. The highest BCUT2D eigenvalue weighted by atomic mass is 16.7. The zero-order chi connectivity index (χ0) is 13.7. The molecular weight excluding hydrogens is 237 g/mol. The zero-order valence-electron chi connectivity index (χ0n) is 12.9. The van der Waals surface area contributed by atoms with Crippen molar-refractivity contribution < 1.29 is 9.31 Å². The van der Waals surface area contributed by atoms with Crippen molar-refractivity contribution >= 4 is 7.12 Å². The van der Waals surface area contributed by atoms with Crippen molar-refractivity contribution in [2.75, 3.05) is 13.1 Å². The topological polar surface area (TPSA) is 30.5 Å². The van der Waals surface area contributed by atoms with Crippen LogP contribution in [0.4, 0.5) is 0 Å². The Balaban J connectivity index is 1.86. The third-order valence-corrected chi connectivity index (χ3v) is 6.11. The van der Waals surface area contributed by atoms with Crippen LogP contribution in [0.5, 0.6) is 0 Å². The lowest BCUT2D eigenvalue weighted by atomic mass is 9.50. The number of hydrogen-bond donors (Lipinski definition) is 1. The predicted molar refractivity (Wildman–Crippen MR) is 78.2 cm³/mol. The average Bonchev–Trinajstić information content (AvgIpc) is 3.01. The standard InChI is InChI=1S/C15H28BNO2/c1-13(2)14(3,4)19-16(18-13)15(9-10-17-11-15)12-7-5-6-8-12/h12,17H,5-11H2,1-4H3. The summed E-state index contributed by atoms with van der Waals surface area (Å²) in [5.41, 5.74) is -0.405. The van der Waals surface area contributed by atoms with Crippen LogP contribution in [-0.2, 0) is 9.31 Å². The van der Waals surface area contributed by atoms with Crippen LogP contribution in [0, 0.1) is 5.92 Å². The van der Waals surface area contributed by atoms with Crippen molar-refractivity contribution in [2.45, 2.75) is 76.3 Å². The lowest BCUT2D eigenvalue weighted by molar-refractivity contribution is 0.00578. The van der Waals surface area contributed by atoms with E-state index in [1.54, 1.807) is 0 Å². The maximum Gasteiger partial charge on any atom is 0.466 e. The first-order valence-electron chi connectivity index (χ1n) is 7.94. The van der Waals surface area contributed by atoms with Crippen LogP contribution in [0.15, 0.2) is 0 Å². The van der Waals surface area contributed by atoms with E-state index in [9.17, 15) is 0 Å². The summed E-state index contributed by atoms with van der Waals surface area (Å²) in [6, 6.07) is 0. The van der Waals surface area contributed by atoms with Gasteiger partial charge in [0.1, 0.15) is 0 Å². The van der Waals surface area contributed by atoms with Crippen LogP contribution in [-0.4, -0.2) is 31.4 Å². The van der Waals surface area contributed by atoms with Crippen LogP contribution in [0.25, 0.3) is 0 Å². The minimum Gasteiger partial charge on any atom is -0.403 e. The van der Waals surface area contributed by atoms with Gasteiger partial charge in [0.15, 0.2) is 0 Å². The van der Waals surface area contributed by atoms with Gasteiger partial charge in [0.25, 0.3) is 0 Å². The minimum atomic E-state index is -0.203. The summed E-state index contributed by atoms with van der Waals surface area (Å²) in [6.45, 7) is 10.8. The lowest BCUT2D eigenvalue weighted by Crippen LogP contribution is -2.42. The van der Waals surface area contributed by atoms with Crippen molar-refractivity contribution in [3.63, 3.8) is 0 Å². The van der Waals surface area contributed by atoms with E-state index < -0.39 is 0 Å². The summed E-state index contributed by atoms with van der Waals surface area (Å²) in [4.78, 5) is 0. The summed E-state index contributed by atoms with van der Waals surface area (Å²) in [5.74, 6) is 0.775. The smallest absolute Gasteiger partial charge is 0.403 e. The fraction of sp³-hybridized carbons (Fsp3) is 1.00.